The first-order valence-electron chi connectivity index (χ1n) is 8.09. The Bertz CT molecular complexity index is 1030. The van der Waals surface area contributed by atoms with Crippen molar-refractivity contribution in [2.24, 2.45) is 0 Å². The van der Waals surface area contributed by atoms with Gasteiger partial charge in [0.15, 0.2) is 0 Å². The molecular weight excluding hydrogens is 350 g/mol. The molecule has 1 unspecified atom stereocenters. The molecule has 3 rings (SSSR count). The first-order valence-corrected chi connectivity index (χ1v) is 8.09. The lowest BCUT2D eigenvalue weighted by atomic mass is 9.99. The van der Waals surface area contributed by atoms with Gasteiger partial charge >= 0.3 is 0 Å². The number of hydrogen-bond acceptors (Lipinski definition) is 5. The molecular formula is C19H15N3O5. The lowest BCUT2D eigenvalue weighted by Crippen LogP contribution is -2.27. The molecule has 3 aromatic carbocycles. The minimum Gasteiger partial charge on any atom is -0.345 e. The summed E-state index contributed by atoms with van der Waals surface area (Å²) in [4.78, 5) is 33.0. The average Bonchev–Trinajstić information content (AvgIpc) is 2.66. The summed E-state index contributed by atoms with van der Waals surface area (Å²) in [6, 6.07) is 15.9. The minimum atomic E-state index is -0.766. The monoisotopic (exact) mass is 365 g/mol. The molecule has 0 fully saturated rings. The molecule has 0 saturated heterocycles. The summed E-state index contributed by atoms with van der Waals surface area (Å²) in [6.45, 7) is 1.78. The van der Waals surface area contributed by atoms with E-state index in [1.807, 2.05) is 42.5 Å². The maximum atomic E-state index is 12.6. The number of non-ortho nitro benzene ring substituents is 2. The van der Waals surface area contributed by atoms with Crippen LogP contribution in [0.1, 0.15) is 28.9 Å². The van der Waals surface area contributed by atoms with Crippen LogP contribution in [-0.4, -0.2) is 15.8 Å². The van der Waals surface area contributed by atoms with Crippen LogP contribution >= 0.6 is 0 Å². The standard InChI is InChI=1S/C19H15N3O5/c1-12(17-8-4-6-13-5-2-3-7-18(13)17)20-19(23)14-9-15(21(24)25)11-16(10-14)22(26)27/h2-12H,1H3,(H,20,23). The quantitative estimate of drug-likeness (QED) is 0.539. The van der Waals surface area contributed by atoms with Crippen molar-refractivity contribution in [2.45, 2.75) is 13.0 Å². The molecule has 8 nitrogen and oxygen atoms in total. The van der Waals surface area contributed by atoms with Crippen molar-refractivity contribution in [3.8, 4) is 0 Å². The molecule has 0 spiro atoms. The third kappa shape index (κ3) is 3.74. The Morgan fingerprint density at radius 1 is 0.926 bits per heavy atom. The molecule has 8 heteroatoms. The van der Waals surface area contributed by atoms with E-state index in [2.05, 4.69) is 5.32 Å². The third-order valence-electron chi connectivity index (χ3n) is 4.22. The Hall–Kier alpha value is -3.81. The second kappa shape index (κ2) is 7.20. The van der Waals surface area contributed by atoms with Crippen LogP contribution in [0.5, 0.6) is 0 Å². The molecule has 1 amide bonds. The first-order chi connectivity index (χ1) is 12.9. The Labute approximate surface area is 153 Å². The molecule has 3 aromatic rings. The Morgan fingerprint density at radius 2 is 1.52 bits per heavy atom. The fourth-order valence-electron chi connectivity index (χ4n) is 2.92. The lowest BCUT2D eigenvalue weighted by Gasteiger charge is -2.16. The van der Waals surface area contributed by atoms with Gasteiger partial charge in [-0.3, -0.25) is 25.0 Å². The van der Waals surface area contributed by atoms with Gasteiger partial charge in [0, 0.05) is 12.1 Å². The van der Waals surface area contributed by atoms with Crippen molar-refractivity contribution >= 4 is 28.1 Å². The van der Waals surface area contributed by atoms with E-state index in [0.29, 0.717) is 0 Å². The zero-order valence-electron chi connectivity index (χ0n) is 14.3. The van der Waals surface area contributed by atoms with Gasteiger partial charge in [0.2, 0.25) is 0 Å². The smallest absolute Gasteiger partial charge is 0.277 e. The first kappa shape index (κ1) is 18.0. The Kier molecular flexibility index (Phi) is 4.80. The van der Waals surface area contributed by atoms with Crippen molar-refractivity contribution in [3.63, 3.8) is 0 Å². The summed E-state index contributed by atoms with van der Waals surface area (Å²) < 4.78 is 0. The molecule has 0 heterocycles. The number of carbonyl (C=O) groups is 1. The van der Waals surface area contributed by atoms with Crippen molar-refractivity contribution in [1.29, 1.82) is 0 Å². The SMILES string of the molecule is CC(NC(=O)c1cc([N+](=O)[O-])cc([N+](=O)[O-])c1)c1cccc2ccccc12. The van der Waals surface area contributed by atoms with Crippen molar-refractivity contribution in [3.05, 3.63) is 92.0 Å². The number of nitrogens with one attached hydrogen (secondary N) is 1. The number of benzene rings is 3. The van der Waals surface area contributed by atoms with Crippen LogP contribution in [0.15, 0.2) is 60.7 Å². The third-order valence-corrected chi connectivity index (χ3v) is 4.22. The zero-order chi connectivity index (χ0) is 19.6. The number of nitro benzene ring substituents is 2. The molecule has 1 atom stereocenters. The molecule has 0 aliphatic carbocycles. The highest BCUT2D eigenvalue weighted by atomic mass is 16.6. The number of hydrogen-bond donors (Lipinski definition) is 1. The lowest BCUT2D eigenvalue weighted by molar-refractivity contribution is -0.394. The van der Waals surface area contributed by atoms with Crippen LogP contribution in [0.25, 0.3) is 10.8 Å². The van der Waals surface area contributed by atoms with E-state index < -0.39 is 33.2 Å². The van der Waals surface area contributed by atoms with Gasteiger partial charge in [0.25, 0.3) is 17.3 Å². The molecule has 0 aliphatic heterocycles. The van der Waals surface area contributed by atoms with Gasteiger partial charge < -0.3 is 5.32 Å². The summed E-state index contributed by atoms with van der Waals surface area (Å²) in [5.41, 5.74) is -0.274. The molecule has 0 radical (unpaired) electrons. The van der Waals surface area contributed by atoms with Crippen LogP contribution in [0.4, 0.5) is 11.4 Å². The van der Waals surface area contributed by atoms with Gasteiger partial charge in [-0.25, -0.2) is 0 Å². The van der Waals surface area contributed by atoms with Crippen LogP contribution < -0.4 is 5.32 Å². The summed E-state index contributed by atoms with van der Waals surface area (Å²) in [7, 11) is 0. The van der Waals surface area contributed by atoms with E-state index in [1.165, 1.54) is 0 Å². The summed E-state index contributed by atoms with van der Waals surface area (Å²) >= 11 is 0. The maximum Gasteiger partial charge on any atom is 0.277 e. The number of rotatable bonds is 5. The fourth-order valence-corrected chi connectivity index (χ4v) is 2.92. The predicted molar refractivity (Wildman–Crippen MR) is 99.6 cm³/mol. The second-order valence-electron chi connectivity index (χ2n) is 6.02. The highest BCUT2D eigenvalue weighted by molar-refractivity contribution is 5.96. The van der Waals surface area contributed by atoms with Crippen molar-refractivity contribution < 1.29 is 14.6 Å². The van der Waals surface area contributed by atoms with Gasteiger partial charge in [0.1, 0.15) is 0 Å². The van der Waals surface area contributed by atoms with E-state index in [0.717, 1.165) is 34.5 Å². The van der Waals surface area contributed by atoms with Gasteiger partial charge in [-0.15, -0.1) is 0 Å². The molecule has 27 heavy (non-hydrogen) atoms. The van der Waals surface area contributed by atoms with E-state index in [4.69, 9.17) is 0 Å². The highest BCUT2D eigenvalue weighted by Crippen LogP contribution is 2.26. The fraction of sp³-hybridized carbons (Fsp3) is 0.105. The van der Waals surface area contributed by atoms with Gasteiger partial charge in [0.05, 0.1) is 27.5 Å². The molecule has 0 saturated carbocycles. The van der Waals surface area contributed by atoms with Gasteiger partial charge in [-0.05, 0) is 23.3 Å². The number of fused-ring (bicyclic) bond motifs is 1. The maximum absolute atomic E-state index is 12.6. The zero-order valence-corrected chi connectivity index (χ0v) is 14.3. The van der Waals surface area contributed by atoms with Crippen molar-refractivity contribution in [2.75, 3.05) is 0 Å². The van der Waals surface area contributed by atoms with E-state index in [1.54, 1.807) is 6.92 Å². The van der Waals surface area contributed by atoms with Gasteiger partial charge in [-0.2, -0.15) is 0 Å². The highest BCUT2D eigenvalue weighted by Gasteiger charge is 2.21. The minimum absolute atomic E-state index is 0.136. The van der Waals surface area contributed by atoms with Crippen LogP contribution in [0, 0.1) is 20.2 Å². The molecule has 0 aliphatic rings. The topological polar surface area (TPSA) is 115 Å². The Balaban J connectivity index is 1.92. The number of carbonyl (C=O) groups excluding carboxylic acids is 1. The second-order valence-corrected chi connectivity index (χ2v) is 6.02. The summed E-state index contributed by atoms with van der Waals surface area (Å²) in [5, 5.41) is 26.7. The van der Waals surface area contributed by atoms with Crippen LogP contribution in [-0.2, 0) is 0 Å². The van der Waals surface area contributed by atoms with Crippen LogP contribution in [0.3, 0.4) is 0 Å². The molecule has 0 aromatic heterocycles. The number of nitrogens with zero attached hydrogens (tertiary/aromatic N) is 2. The number of amides is 1. The van der Waals surface area contributed by atoms with E-state index in [-0.39, 0.29) is 5.56 Å². The van der Waals surface area contributed by atoms with Gasteiger partial charge in [-0.1, -0.05) is 42.5 Å². The molecule has 1 N–H and O–H groups in total. The number of nitro groups is 2. The molecule has 136 valence electrons. The Morgan fingerprint density at radius 3 is 2.15 bits per heavy atom. The van der Waals surface area contributed by atoms with E-state index in [9.17, 15) is 25.0 Å². The van der Waals surface area contributed by atoms with Crippen molar-refractivity contribution in [1.82, 2.24) is 5.32 Å². The normalized spacial score (nSPS) is 11.7. The largest absolute Gasteiger partial charge is 0.345 e. The molecule has 0 bridgehead atoms. The van der Waals surface area contributed by atoms with E-state index >= 15 is 0 Å². The summed E-state index contributed by atoms with van der Waals surface area (Å²) in [5.74, 6) is -0.623. The average molecular weight is 365 g/mol. The summed E-state index contributed by atoms with van der Waals surface area (Å²) in [6.07, 6.45) is 0. The van der Waals surface area contributed by atoms with Crippen LogP contribution in [0.2, 0.25) is 0 Å². The predicted octanol–water partition coefficient (Wildman–Crippen LogP) is 4.15.